The van der Waals surface area contributed by atoms with Crippen LogP contribution < -0.4 is 5.32 Å². The van der Waals surface area contributed by atoms with Gasteiger partial charge >= 0.3 is 0 Å². The van der Waals surface area contributed by atoms with E-state index in [0.29, 0.717) is 30.8 Å². The molecule has 1 N–H and O–H groups in total. The van der Waals surface area contributed by atoms with Gasteiger partial charge in [0.15, 0.2) is 0 Å². The number of sulfonamides is 1. The van der Waals surface area contributed by atoms with Gasteiger partial charge in [-0.05, 0) is 49.1 Å². The summed E-state index contributed by atoms with van der Waals surface area (Å²) in [6.07, 6.45) is 3.50. The number of carbonyl (C=O) groups is 1. The van der Waals surface area contributed by atoms with E-state index >= 15 is 0 Å². The molecule has 7 heteroatoms. The lowest BCUT2D eigenvalue weighted by Gasteiger charge is -2.26. The lowest BCUT2D eigenvalue weighted by molar-refractivity contribution is -0.116. The standard InChI is InChI=1S/C21H23N3O3S/c22-16-18-10-8-17(9-11-18)12-13-21(25)23-19-6-2-3-7-20(19)28(26,27)24-14-4-1-5-15-24/h2-3,6-11H,1,4-5,12-15H2,(H,23,25). The third-order valence-corrected chi connectivity index (χ3v) is 6.77. The molecule has 0 atom stereocenters. The van der Waals surface area contributed by atoms with E-state index in [1.165, 1.54) is 4.31 Å². The monoisotopic (exact) mass is 397 g/mol. The molecule has 1 aliphatic heterocycles. The first-order valence-electron chi connectivity index (χ1n) is 9.39. The highest BCUT2D eigenvalue weighted by molar-refractivity contribution is 7.89. The van der Waals surface area contributed by atoms with Gasteiger partial charge in [0.1, 0.15) is 4.90 Å². The molecule has 1 fully saturated rings. The van der Waals surface area contributed by atoms with E-state index in [9.17, 15) is 13.2 Å². The van der Waals surface area contributed by atoms with E-state index in [1.54, 1.807) is 36.4 Å². The predicted molar refractivity (Wildman–Crippen MR) is 107 cm³/mol. The summed E-state index contributed by atoms with van der Waals surface area (Å²) in [5.41, 5.74) is 1.84. The molecule has 0 aromatic heterocycles. The number of para-hydroxylation sites is 1. The van der Waals surface area contributed by atoms with Crippen molar-refractivity contribution in [2.75, 3.05) is 18.4 Å². The van der Waals surface area contributed by atoms with Crippen LogP contribution in [0.4, 0.5) is 5.69 Å². The summed E-state index contributed by atoms with van der Waals surface area (Å²) in [7, 11) is -3.63. The van der Waals surface area contributed by atoms with Crippen LogP contribution in [0, 0.1) is 11.3 Å². The molecule has 6 nitrogen and oxygen atoms in total. The number of hydrogen-bond donors (Lipinski definition) is 1. The van der Waals surface area contributed by atoms with Crippen LogP contribution in [0.3, 0.4) is 0 Å². The van der Waals surface area contributed by atoms with Gasteiger partial charge in [-0.25, -0.2) is 8.42 Å². The Kier molecular flexibility index (Phi) is 6.45. The Morgan fingerprint density at radius 1 is 1.04 bits per heavy atom. The fraction of sp³-hybridized carbons (Fsp3) is 0.333. The minimum atomic E-state index is -3.63. The maximum absolute atomic E-state index is 13.0. The van der Waals surface area contributed by atoms with E-state index in [1.807, 2.05) is 12.1 Å². The maximum Gasteiger partial charge on any atom is 0.245 e. The zero-order valence-electron chi connectivity index (χ0n) is 15.6. The van der Waals surface area contributed by atoms with Gasteiger partial charge in [-0.1, -0.05) is 30.7 Å². The van der Waals surface area contributed by atoms with Crippen LogP contribution in [-0.2, 0) is 21.2 Å². The highest BCUT2D eigenvalue weighted by atomic mass is 32.2. The number of benzene rings is 2. The second-order valence-electron chi connectivity index (χ2n) is 6.82. The molecule has 0 bridgehead atoms. The minimum Gasteiger partial charge on any atom is -0.325 e. The molecule has 0 spiro atoms. The molecule has 0 aliphatic carbocycles. The van der Waals surface area contributed by atoms with Crippen molar-refractivity contribution in [1.29, 1.82) is 5.26 Å². The SMILES string of the molecule is N#Cc1ccc(CCC(=O)Nc2ccccc2S(=O)(=O)N2CCCCC2)cc1. The molecule has 3 rings (SSSR count). The molecule has 0 unspecified atom stereocenters. The molecule has 2 aromatic rings. The fourth-order valence-corrected chi connectivity index (χ4v) is 4.92. The molecule has 1 amide bonds. The van der Waals surface area contributed by atoms with Crippen LogP contribution in [0.15, 0.2) is 53.4 Å². The van der Waals surface area contributed by atoms with Gasteiger partial charge in [0.25, 0.3) is 0 Å². The van der Waals surface area contributed by atoms with Crippen molar-refractivity contribution >= 4 is 21.6 Å². The topological polar surface area (TPSA) is 90.3 Å². The van der Waals surface area contributed by atoms with Gasteiger partial charge < -0.3 is 5.32 Å². The number of anilines is 1. The maximum atomic E-state index is 13.0. The number of hydrogen-bond acceptors (Lipinski definition) is 4. The quantitative estimate of drug-likeness (QED) is 0.810. The molecular weight excluding hydrogens is 374 g/mol. The Morgan fingerprint density at radius 3 is 2.39 bits per heavy atom. The van der Waals surface area contributed by atoms with Crippen molar-refractivity contribution in [3.8, 4) is 6.07 Å². The highest BCUT2D eigenvalue weighted by Gasteiger charge is 2.28. The summed E-state index contributed by atoms with van der Waals surface area (Å²) in [4.78, 5) is 12.5. The van der Waals surface area contributed by atoms with Crippen LogP contribution in [0.2, 0.25) is 0 Å². The number of aryl methyl sites for hydroxylation is 1. The van der Waals surface area contributed by atoms with Crippen molar-refractivity contribution in [3.63, 3.8) is 0 Å². The van der Waals surface area contributed by atoms with Crippen LogP contribution in [0.1, 0.15) is 36.8 Å². The zero-order valence-corrected chi connectivity index (χ0v) is 16.4. The highest BCUT2D eigenvalue weighted by Crippen LogP contribution is 2.27. The molecule has 28 heavy (non-hydrogen) atoms. The number of carbonyl (C=O) groups excluding carboxylic acids is 1. The smallest absolute Gasteiger partial charge is 0.245 e. The fourth-order valence-electron chi connectivity index (χ4n) is 3.26. The van der Waals surface area contributed by atoms with Gasteiger partial charge in [0.05, 0.1) is 17.3 Å². The average molecular weight is 398 g/mol. The second-order valence-corrected chi connectivity index (χ2v) is 8.72. The Balaban J connectivity index is 1.68. The minimum absolute atomic E-state index is 0.142. The molecule has 0 radical (unpaired) electrons. The average Bonchev–Trinajstić information content (AvgIpc) is 2.73. The predicted octanol–water partition coefficient (Wildman–Crippen LogP) is 3.30. The van der Waals surface area contributed by atoms with Crippen molar-refractivity contribution < 1.29 is 13.2 Å². The molecular formula is C21H23N3O3S. The summed E-state index contributed by atoms with van der Waals surface area (Å²) in [6, 6.07) is 15.7. The van der Waals surface area contributed by atoms with Gasteiger partial charge in [-0.3, -0.25) is 4.79 Å². The first-order valence-corrected chi connectivity index (χ1v) is 10.8. The lowest BCUT2D eigenvalue weighted by Crippen LogP contribution is -2.36. The summed E-state index contributed by atoms with van der Waals surface area (Å²) in [5, 5.41) is 11.6. The molecule has 146 valence electrons. The van der Waals surface area contributed by atoms with Crippen molar-refractivity contribution in [2.24, 2.45) is 0 Å². The van der Waals surface area contributed by atoms with Crippen LogP contribution in [0.25, 0.3) is 0 Å². The second kappa shape index (κ2) is 9.00. The van der Waals surface area contributed by atoms with Crippen molar-refractivity contribution in [3.05, 3.63) is 59.7 Å². The number of nitrogens with one attached hydrogen (secondary N) is 1. The third-order valence-electron chi connectivity index (χ3n) is 4.82. The van der Waals surface area contributed by atoms with E-state index < -0.39 is 10.0 Å². The van der Waals surface area contributed by atoms with Crippen molar-refractivity contribution in [2.45, 2.75) is 37.0 Å². The van der Waals surface area contributed by atoms with Gasteiger partial charge in [-0.15, -0.1) is 0 Å². The summed E-state index contributed by atoms with van der Waals surface area (Å²) in [6.45, 7) is 1.03. The van der Waals surface area contributed by atoms with E-state index in [-0.39, 0.29) is 17.2 Å². The summed E-state index contributed by atoms with van der Waals surface area (Å²) >= 11 is 0. The number of piperidine rings is 1. The Bertz CT molecular complexity index is 973. The Hall–Kier alpha value is -2.69. The van der Waals surface area contributed by atoms with E-state index in [2.05, 4.69) is 11.4 Å². The normalized spacial score (nSPS) is 15.0. The Morgan fingerprint density at radius 2 is 1.71 bits per heavy atom. The first kappa shape index (κ1) is 20.1. The largest absolute Gasteiger partial charge is 0.325 e. The third kappa shape index (κ3) is 4.77. The van der Waals surface area contributed by atoms with Gasteiger partial charge in [0.2, 0.25) is 15.9 Å². The number of nitriles is 1. The Labute approximate surface area is 165 Å². The molecule has 0 saturated carbocycles. The number of rotatable bonds is 6. The van der Waals surface area contributed by atoms with Gasteiger partial charge in [0, 0.05) is 19.5 Å². The summed E-state index contributed by atoms with van der Waals surface area (Å²) < 4.78 is 27.5. The van der Waals surface area contributed by atoms with Crippen LogP contribution in [-0.4, -0.2) is 31.7 Å². The molecule has 1 saturated heterocycles. The van der Waals surface area contributed by atoms with Gasteiger partial charge in [-0.2, -0.15) is 9.57 Å². The molecule has 1 heterocycles. The number of nitrogens with zero attached hydrogens (tertiary/aromatic N) is 2. The van der Waals surface area contributed by atoms with Crippen molar-refractivity contribution in [1.82, 2.24) is 4.31 Å². The summed E-state index contributed by atoms with van der Waals surface area (Å²) in [5.74, 6) is -0.245. The van der Waals surface area contributed by atoms with E-state index in [4.69, 9.17) is 5.26 Å². The molecule has 1 aliphatic rings. The number of amides is 1. The lowest BCUT2D eigenvalue weighted by atomic mass is 10.1. The van der Waals surface area contributed by atoms with E-state index in [0.717, 1.165) is 24.8 Å². The first-order chi connectivity index (χ1) is 13.5. The van der Waals surface area contributed by atoms with Crippen LogP contribution in [0.5, 0.6) is 0 Å². The van der Waals surface area contributed by atoms with Crippen LogP contribution >= 0.6 is 0 Å². The molecule has 2 aromatic carbocycles. The zero-order chi connectivity index (χ0) is 20.0.